The zero-order valence-corrected chi connectivity index (χ0v) is 44.2. The van der Waals surface area contributed by atoms with Crippen molar-refractivity contribution in [3.8, 4) is 102 Å². The van der Waals surface area contributed by atoms with Crippen molar-refractivity contribution in [3.63, 3.8) is 0 Å². The first kappa shape index (κ1) is 52.5. The van der Waals surface area contributed by atoms with Crippen LogP contribution in [0.4, 0.5) is 0 Å². The summed E-state index contributed by atoms with van der Waals surface area (Å²) in [6.07, 6.45) is 21.5. The van der Waals surface area contributed by atoms with Crippen molar-refractivity contribution in [2.75, 3.05) is 42.7 Å². The zero-order chi connectivity index (χ0) is 52.9. The van der Waals surface area contributed by atoms with Crippen LogP contribution in [0.5, 0.6) is 69.0 Å². The Bertz CT molecular complexity index is 3100. The van der Waals surface area contributed by atoms with Crippen LogP contribution in [0, 0.1) is 0 Å². The van der Waals surface area contributed by atoms with E-state index in [9.17, 15) is 30.6 Å². The lowest BCUT2D eigenvalue weighted by molar-refractivity contribution is 0.331. The molecule has 0 radical (unpaired) electrons. The lowest BCUT2D eigenvalue weighted by atomic mass is 9.73. The first-order valence-electron chi connectivity index (χ1n) is 26.5. The highest BCUT2D eigenvalue weighted by Gasteiger charge is 2.34. The summed E-state index contributed by atoms with van der Waals surface area (Å²) in [5.74, 6) is 4.50. The molecule has 2 unspecified atom stereocenters. The van der Waals surface area contributed by atoms with E-state index in [1.807, 2.05) is 36.4 Å². The topological polar surface area (TPSA) is 177 Å². The molecule has 75 heavy (non-hydrogen) atoms. The molecule has 0 fully saturated rings. The number of ether oxygens (including phenoxy) is 6. The second-order valence-electron chi connectivity index (χ2n) is 20.3. The molecule has 5 aliphatic carbocycles. The van der Waals surface area contributed by atoms with Gasteiger partial charge in [0.15, 0.2) is 34.5 Å². The molecule has 0 heterocycles. The molecule has 0 saturated heterocycles. The number of aryl methyl sites for hydroxylation is 4. The highest BCUT2D eigenvalue weighted by Crippen LogP contribution is 2.56. The standard InChI is InChI=1S/3C21H24O4/c1-24-17-11-15-14(20(23)21(17)25-2)8-4-7-12-5-3-6-13-9-10-16(22)19(15)18(12)13;1-24-20-15-11-14(19(23)21(20)25-2)6-4-3-5-12-7-8-13-9-10-16(22)18(15)17(12)13;1-24-20-17-13-15(19(23)21(20)25-2)9-7-5-3-4-6-8-14-10-11-18(22)16(17)12-14/h2*9-12,22-23H,3-8H2,1-2H3;4,6,10-13,22-23H,3,5,7-9H2,1-2H3/b;;6-4-. The number of allylic oxidation sites excluding steroid dienone is 2. The number of hydrogen-bond acceptors (Lipinski definition) is 12. The van der Waals surface area contributed by atoms with Gasteiger partial charge in [-0.2, -0.15) is 0 Å². The average molecular weight is 1020 g/mol. The van der Waals surface area contributed by atoms with E-state index in [4.69, 9.17) is 28.4 Å². The number of aromatic hydroxyl groups is 6. The first-order chi connectivity index (χ1) is 36.5. The maximum Gasteiger partial charge on any atom is 0.203 e. The number of methoxy groups -OCH3 is 6. The van der Waals surface area contributed by atoms with Crippen LogP contribution in [-0.2, 0) is 38.5 Å². The van der Waals surface area contributed by atoms with Crippen LogP contribution in [-0.4, -0.2) is 73.3 Å². The summed E-state index contributed by atoms with van der Waals surface area (Å²) in [5.41, 5.74) is 13.6. The van der Waals surface area contributed by atoms with Crippen molar-refractivity contribution in [1.29, 1.82) is 0 Å². The van der Waals surface area contributed by atoms with Gasteiger partial charge in [-0.25, -0.2) is 0 Å². The van der Waals surface area contributed by atoms with Gasteiger partial charge >= 0.3 is 0 Å². The summed E-state index contributed by atoms with van der Waals surface area (Å²) < 4.78 is 32.8. The lowest BCUT2D eigenvalue weighted by Gasteiger charge is -2.32. The molecule has 0 spiro atoms. The molecule has 0 aliphatic heterocycles. The summed E-state index contributed by atoms with van der Waals surface area (Å²) in [6.45, 7) is 0. The molecule has 6 bridgehead atoms. The third kappa shape index (κ3) is 10.2. The monoisotopic (exact) mass is 1020 g/mol. The van der Waals surface area contributed by atoms with E-state index >= 15 is 0 Å². The van der Waals surface area contributed by atoms with Crippen molar-refractivity contribution in [3.05, 3.63) is 117 Å². The number of rotatable bonds is 6. The Kier molecular flexibility index (Phi) is 16.1. The fraction of sp³-hybridized carbons (Fsp3) is 0.397. The Morgan fingerprint density at radius 1 is 0.387 bits per heavy atom. The molecular weight excluding hydrogens is 949 g/mol. The van der Waals surface area contributed by atoms with E-state index < -0.39 is 0 Å². The minimum absolute atomic E-state index is 0.115. The number of benzene rings is 6. The molecule has 12 nitrogen and oxygen atoms in total. The Hall–Kier alpha value is -7.34. The smallest absolute Gasteiger partial charge is 0.203 e. The maximum absolute atomic E-state index is 10.8. The minimum atomic E-state index is 0.115. The van der Waals surface area contributed by atoms with E-state index in [0.29, 0.717) is 51.9 Å². The predicted octanol–water partition coefficient (Wildman–Crippen LogP) is 13.7. The molecule has 6 aromatic carbocycles. The molecule has 11 rings (SSSR count). The molecule has 5 aliphatic rings. The van der Waals surface area contributed by atoms with Crippen LogP contribution in [0.2, 0.25) is 0 Å². The van der Waals surface area contributed by atoms with Crippen molar-refractivity contribution in [2.45, 2.75) is 121 Å². The summed E-state index contributed by atoms with van der Waals surface area (Å²) in [6, 6.07) is 19.0. The van der Waals surface area contributed by atoms with Crippen molar-refractivity contribution in [2.24, 2.45) is 0 Å². The number of hydrogen-bond donors (Lipinski definition) is 6. The van der Waals surface area contributed by atoms with Gasteiger partial charge in [0.05, 0.1) is 42.7 Å². The number of phenolic OH excluding ortho intramolecular Hbond substituents is 6. The van der Waals surface area contributed by atoms with Gasteiger partial charge < -0.3 is 59.1 Å². The Morgan fingerprint density at radius 3 is 1.56 bits per heavy atom. The van der Waals surface area contributed by atoms with E-state index in [0.717, 1.165) is 153 Å². The summed E-state index contributed by atoms with van der Waals surface area (Å²) in [7, 11) is 9.26. The van der Waals surface area contributed by atoms with Crippen LogP contribution < -0.4 is 28.4 Å². The van der Waals surface area contributed by atoms with Crippen molar-refractivity contribution >= 4 is 0 Å². The van der Waals surface area contributed by atoms with Gasteiger partial charge in [0.2, 0.25) is 17.2 Å². The van der Waals surface area contributed by atoms with Crippen molar-refractivity contribution in [1.82, 2.24) is 0 Å². The lowest BCUT2D eigenvalue weighted by Crippen LogP contribution is -2.14. The van der Waals surface area contributed by atoms with E-state index in [1.54, 1.807) is 32.4 Å². The van der Waals surface area contributed by atoms with Crippen LogP contribution in [0.15, 0.2) is 72.8 Å². The highest BCUT2D eigenvalue weighted by molar-refractivity contribution is 5.86. The largest absolute Gasteiger partial charge is 0.507 e. The third-order valence-corrected chi connectivity index (χ3v) is 16.1. The average Bonchev–Trinajstić information content (AvgIpc) is 3.84. The van der Waals surface area contributed by atoms with Gasteiger partial charge in [-0.15, -0.1) is 0 Å². The van der Waals surface area contributed by atoms with E-state index in [2.05, 4.69) is 18.2 Å². The van der Waals surface area contributed by atoms with Crippen molar-refractivity contribution < 1.29 is 59.1 Å². The van der Waals surface area contributed by atoms with Gasteiger partial charge in [-0.3, -0.25) is 0 Å². The normalized spacial score (nSPS) is 17.5. The molecule has 0 amide bonds. The van der Waals surface area contributed by atoms with Gasteiger partial charge in [-0.05, 0) is 202 Å². The van der Waals surface area contributed by atoms with Gasteiger partial charge in [-0.1, -0.05) is 36.8 Å². The summed E-state index contributed by atoms with van der Waals surface area (Å²) in [5, 5.41) is 63.8. The Labute approximate surface area is 440 Å². The van der Waals surface area contributed by atoms with E-state index in [1.165, 1.54) is 57.1 Å². The highest BCUT2D eigenvalue weighted by atomic mass is 16.5. The molecule has 396 valence electrons. The molecule has 2 atom stereocenters. The predicted molar refractivity (Wildman–Crippen MR) is 293 cm³/mol. The Morgan fingerprint density at radius 2 is 0.920 bits per heavy atom. The second kappa shape index (κ2) is 23.1. The molecule has 0 saturated carbocycles. The minimum Gasteiger partial charge on any atom is -0.507 e. The molecule has 6 N–H and O–H groups in total. The van der Waals surface area contributed by atoms with Gasteiger partial charge in [0, 0.05) is 33.4 Å². The number of fused-ring (bicyclic) bond motifs is 10. The molecular formula is C63H72O12. The molecule has 12 heteroatoms. The Balaban J connectivity index is 0.000000138. The van der Waals surface area contributed by atoms with Crippen LogP contribution in [0.3, 0.4) is 0 Å². The quantitative estimate of drug-likeness (QED) is 0.0872. The molecule has 0 aromatic heterocycles. The zero-order valence-electron chi connectivity index (χ0n) is 44.2. The van der Waals surface area contributed by atoms with Gasteiger partial charge in [0.1, 0.15) is 17.2 Å². The SMILES string of the molecule is COc1c2cc(c(O)c1OC)CCCC/C=C\Cc1ccc(O)c-2c1.COc1c2cc(c(O)c1OC)CCCCC1CCc3ccc(O)c-2c31.COc1cc2c(c(O)c1OC)CCCC1CCCc3ccc(O)c-2c31. The fourth-order valence-electron chi connectivity index (χ4n) is 12.5. The fourth-order valence-corrected chi connectivity index (χ4v) is 12.5. The summed E-state index contributed by atoms with van der Waals surface area (Å²) >= 11 is 0. The third-order valence-electron chi connectivity index (χ3n) is 16.1. The summed E-state index contributed by atoms with van der Waals surface area (Å²) in [4.78, 5) is 0. The maximum atomic E-state index is 10.8. The first-order valence-corrected chi connectivity index (χ1v) is 26.5. The number of phenols is 6. The van der Waals surface area contributed by atoms with E-state index in [-0.39, 0.29) is 34.5 Å². The van der Waals surface area contributed by atoms with Crippen LogP contribution in [0.1, 0.15) is 127 Å². The van der Waals surface area contributed by atoms with Crippen LogP contribution in [0.25, 0.3) is 33.4 Å². The molecule has 6 aromatic rings. The van der Waals surface area contributed by atoms with Gasteiger partial charge in [0.25, 0.3) is 0 Å². The van der Waals surface area contributed by atoms with Crippen LogP contribution >= 0.6 is 0 Å². The second-order valence-corrected chi connectivity index (χ2v) is 20.3.